The predicted molar refractivity (Wildman–Crippen MR) is 150 cm³/mol. The molecule has 1 saturated heterocycles. The number of carbonyl (C=O) groups is 2. The van der Waals surface area contributed by atoms with Gasteiger partial charge < -0.3 is 20.4 Å². The van der Waals surface area contributed by atoms with Crippen LogP contribution < -0.4 is 15.5 Å². The average molecular weight is 548 g/mol. The fourth-order valence-corrected chi connectivity index (χ4v) is 5.37. The van der Waals surface area contributed by atoms with Crippen molar-refractivity contribution >= 4 is 34.8 Å². The van der Waals surface area contributed by atoms with Crippen LogP contribution in [0.1, 0.15) is 16.7 Å². The van der Waals surface area contributed by atoms with Crippen molar-refractivity contribution in [2.24, 2.45) is 0 Å². The largest absolute Gasteiger partial charge is 0.362 e. The van der Waals surface area contributed by atoms with Crippen molar-refractivity contribution in [2.45, 2.75) is 31.5 Å². The van der Waals surface area contributed by atoms with Gasteiger partial charge in [0.25, 0.3) is 5.69 Å². The zero-order valence-electron chi connectivity index (χ0n) is 21.4. The van der Waals surface area contributed by atoms with E-state index in [1.807, 2.05) is 41.3 Å². The van der Waals surface area contributed by atoms with Gasteiger partial charge in [-0.05, 0) is 41.3 Å². The number of benzene rings is 3. The molecule has 9 nitrogen and oxygen atoms in total. The molecule has 2 heterocycles. The quantitative estimate of drug-likeness (QED) is 0.347. The van der Waals surface area contributed by atoms with Crippen LogP contribution in [0.4, 0.5) is 11.4 Å². The van der Waals surface area contributed by atoms with E-state index in [0.29, 0.717) is 56.3 Å². The van der Waals surface area contributed by atoms with E-state index in [9.17, 15) is 19.7 Å². The lowest BCUT2D eigenvalue weighted by atomic mass is 9.95. The zero-order chi connectivity index (χ0) is 27.4. The number of nitrogens with zero attached hydrogens (tertiary/aromatic N) is 3. The minimum Gasteiger partial charge on any atom is -0.362 e. The highest BCUT2D eigenvalue weighted by molar-refractivity contribution is 6.30. The third-order valence-corrected chi connectivity index (χ3v) is 7.63. The molecule has 2 N–H and O–H groups in total. The van der Waals surface area contributed by atoms with E-state index in [4.69, 9.17) is 11.6 Å². The van der Waals surface area contributed by atoms with Crippen molar-refractivity contribution in [3.05, 3.63) is 105 Å². The van der Waals surface area contributed by atoms with Crippen molar-refractivity contribution in [2.75, 3.05) is 31.1 Å². The van der Waals surface area contributed by atoms with E-state index in [0.717, 1.165) is 11.1 Å². The Bertz CT molecular complexity index is 1360. The summed E-state index contributed by atoms with van der Waals surface area (Å²) in [4.78, 5) is 41.9. The molecule has 0 spiro atoms. The molecule has 10 heteroatoms. The summed E-state index contributed by atoms with van der Waals surface area (Å²) in [5.74, 6) is -0.382. The summed E-state index contributed by atoms with van der Waals surface area (Å²) in [6, 6.07) is 20.7. The normalized spacial score (nSPS) is 17.7. The summed E-state index contributed by atoms with van der Waals surface area (Å²) >= 11 is 6.05. The minimum atomic E-state index is -0.754. The monoisotopic (exact) mass is 547 g/mol. The van der Waals surface area contributed by atoms with Crippen molar-refractivity contribution in [1.29, 1.82) is 0 Å². The summed E-state index contributed by atoms with van der Waals surface area (Å²) in [7, 11) is 0. The van der Waals surface area contributed by atoms with E-state index in [-0.39, 0.29) is 22.4 Å². The molecule has 3 aromatic rings. The number of carbonyl (C=O) groups excluding carboxylic acids is 2. The number of para-hydroxylation sites is 2. The van der Waals surface area contributed by atoms with Crippen LogP contribution in [0.2, 0.25) is 5.02 Å². The predicted octanol–water partition coefficient (Wildman–Crippen LogP) is 3.34. The Morgan fingerprint density at radius 3 is 2.36 bits per heavy atom. The summed E-state index contributed by atoms with van der Waals surface area (Å²) in [5.41, 5.74) is 3.78. The van der Waals surface area contributed by atoms with Gasteiger partial charge in [0, 0.05) is 50.2 Å². The first-order valence-corrected chi connectivity index (χ1v) is 13.4. The SMILES string of the molecule is O=C(N[C@H](Cc1ccc(Cl)cc1)C(=O)N1CCN(c2ccccc2[N+](=O)[O-])CC1)[C@H]1Cc2ccccc2CN1. The van der Waals surface area contributed by atoms with Crippen LogP contribution in [-0.2, 0) is 29.0 Å². The Balaban J connectivity index is 1.28. The van der Waals surface area contributed by atoms with Crippen LogP contribution in [-0.4, -0.2) is 59.9 Å². The van der Waals surface area contributed by atoms with Gasteiger partial charge in [0.2, 0.25) is 11.8 Å². The molecule has 0 unspecified atom stereocenters. The zero-order valence-corrected chi connectivity index (χ0v) is 22.1. The molecule has 1 fully saturated rings. The summed E-state index contributed by atoms with van der Waals surface area (Å²) < 4.78 is 0. The topological polar surface area (TPSA) is 108 Å². The number of piperazine rings is 1. The van der Waals surface area contributed by atoms with Gasteiger partial charge in [-0.3, -0.25) is 19.7 Å². The maximum absolute atomic E-state index is 13.7. The maximum atomic E-state index is 13.7. The Kier molecular flexibility index (Phi) is 8.09. The molecule has 2 aliphatic heterocycles. The van der Waals surface area contributed by atoms with E-state index in [1.54, 1.807) is 35.2 Å². The van der Waals surface area contributed by atoms with Crippen LogP contribution in [0, 0.1) is 10.1 Å². The summed E-state index contributed by atoms with van der Waals surface area (Å²) in [5, 5.41) is 18.4. The van der Waals surface area contributed by atoms with Crippen LogP contribution in [0.5, 0.6) is 0 Å². The van der Waals surface area contributed by atoms with Gasteiger partial charge in [-0.2, -0.15) is 0 Å². The molecule has 0 radical (unpaired) electrons. The van der Waals surface area contributed by atoms with E-state index in [1.165, 1.54) is 11.6 Å². The van der Waals surface area contributed by atoms with Crippen LogP contribution in [0.3, 0.4) is 0 Å². The Labute approximate surface area is 231 Å². The fraction of sp³-hybridized carbons (Fsp3) is 0.310. The molecule has 0 bridgehead atoms. The second kappa shape index (κ2) is 11.8. The van der Waals surface area contributed by atoms with Gasteiger partial charge >= 0.3 is 0 Å². The first-order valence-electron chi connectivity index (χ1n) is 13.0. The maximum Gasteiger partial charge on any atom is 0.292 e. The Hall–Kier alpha value is -3.95. The molecular formula is C29H30ClN5O4. The van der Waals surface area contributed by atoms with Crippen LogP contribution >= 0.6 is 11.6 Å². The van der Waals surface area contributed by atoms with E-state index < -0.39 is 12.1 Å². The minimum absolute atomic E-state index is 0.0479. The lowest BCUT2D eigenvalue weighted by Crippen LogP contribution is -2.58. The van der Waals surface area contributed by atoms with Gasteiger partial charge in [0.05, 0.1) is 11.0 Å². The van der Waals surface area contributed by atoms with Crippen molar-refractivity contribution < 1.29 is 14.5 Å². The number of nitro benzene ring substituents is 1. The molecule has 2 atom stereocenters. The Morgan fingerprint density at radius 1 is 0.974 bits per heavy atom. The number of fused-ring (bicyclic) bond motifs is 1. The molecule has 0 saturated carbocycles. The average Bonchev–Trinajstić information content (AvgIpc) is 2.97. The standard InChI is InChI=1S/C29H30ClN5O4/c30-23-11-9-20(10-12-23)17-25(32-28(36)24-18-21-5-1-2-6-22(21)19-31-24)29(37)34-15-13-33(14-16-34)26-7-3-4-8-27(26)35(38)39/h1-12,24-25,31H,13-19H2,(H,32,36)/t24-,25-/m1/s1. The van der Waals surface area contributed by atoms with Gasteiger partial charge in [0.1, 0.15) is 11.7 Å². The molecule has 3 aromatic carbocycles. The molecule has 0 aromatic heterocycles. The molecule has 2 amide bonds. The highest BCUT2D eigenvalue weighted by atomic mass is 35.5. The Morgan fingerprint density at radius 2 is 1.64 bits per heavy atom. The second-order valence-electron chi connectivity index (χ2n) is 9.86. The first kappa shape index (κ1) is 26.6. The summed E-state index contributed by atoms with van der Waals surface area (Å²) in [6.07, 6.45) is 0.883. The van der Waals surface area contributed by atoms with E-state index >= 15 is 0 Å². The first-order chi connectivity index (χ1) is 18.9. The molecule has 202 valence electrons. The number of amides is 2. The van der Waals surface area contributed by atoms with Crippen LogP contribution in [0.15, 0.2) is 72.8 Å². The second-order valence-corrected chi connectivity index (χ2v) is 10.3. The smallest absolute Gasteiger partial charge is 0.292 e. The van der Waals surface area contributed by atoms with Crippen molar-refractivity contribution in [3.63, 3.8) is 0 Å². The number of hydrogen-bond acceptors (Lipinski definition) is 6. The molecule has 39 heavy (non-hydrogen) atoms. The van der Waals surface area contributed by atoms with Gasteiger partial charge in [0.15, 0.2) is 0 Å². The highest BCUT2D eigenvalue weighted by Crippen LogP contribution is 2.28. The van der Waals surface area contributed by atoms with Crippen molar-refractivity contribution in [1.82, 2.24) is 15.5 Å². The lowest BCUT2D eigenvalue weighted by Gasteiger charge is -2.37. The molecule has 5 rings (SSSR count). The molecular weight excluding hydrogens is 518 g/mol. The number of halogens is 1. The third kappa shape index (κ3) is 6.21. The molecule has 2 aliphatic rings. The summed E-state index contributed by atoms with van der Waals surface area (Å²) in [6.45, 7) is 2.30. The van der Waals surface area contributed by atoms with Crippen LogP contribution in [0.25, 0.3) is 0 Å². The van der Waals surface area contributed by atoms with Gasteiger partial charge in [-0.1, -0.05) is 60.1 Å². The number of hydrogen-bond donors (Lipinski definition) is 2. The van der Waals surface area contributed by atoms with Crippen molar-refractivity contribution in [3.8, 4) is 0 Å². The van der Waals surface area contributed by atoms with E-state index in [2.05, 4.69) is 10.6 Å². The number of anilines is 1. The number of nitrogens with one attached hydrogen (secondary N) is 2. The van der Waals surface area contributed by atoms with Gasteiger partial charge in [-0.25, -0.2) is 0 Å². The third-order valence-electron chi connectivity index (χ3n) is 7.38. The molecule has 0 aliphatic carbocycles. The van der Waals surface area contributed by atoms with Gasteiger partial charge in [-0.15, -0.1) is 0 Å². The fourth-order valence-electron chi connectivity index (χ4n) is 5.24. The number of nitro groups is 1. The highest BCUT2D eigenvalue weighted by Gasteiger charge is 2.33. The lowest BCUT2D eigenvalue weighted by molar-refractivity contribution is -0.384. The number of rotatable bonds is 7.